The van der Waals surface area contributed by atoms with Crippen LogP contribution in [0.3, 0.4) is 0 Å². The van der Waals surface area contributed by atoms with Crippen LogP contribution in [0.1, 0.15) is 62.3 Å². The van der Waals surface area contributed by atoms with Gasteiger partial charge in [-0.1, -0.05) is 74.2 Å². The van der Waals surface area contributed by atoms with Gasteiger partial charge < -0.3 is 9.16 Å². The highest BCUT2D eigenvalue weighted by Gasteiger charge is 2.45. The van der Waals surface area contributed by atoms with Crippen molar-refractivity contribution in [2.45, 2.75) is 103 Å². The van der Waals surface area contributed by atoms with Gasteiger partial charge in [-0.15, -0.1) is 5.54 Å². The Morgan fingerprint density at radius 3 is 1.77 bits per heavy atom. The van der Waals surface area contributed by atoms with Crippen molar-refractivity contribution in [1.82, 2.24) is 0 Å². The Hall–Kier alpha value is -0.526. The number of epoxide rings is 1. The lowest BCUT2D eigenvalue weighted by molar-refractivity contribution is 0.333. The van der Waals surface area contributed by atoms with Crippen LogP contribution in [0.5, 0.6) is 0 Å². The molecule has 26 heavy (non-hydrogen) atoms. The van der Waals surface area contributed by atoms with Gasteiger partial charge in [0.1, 0.15) is 14.7 Å². The Labute approximate surface area is 165 Å². The normalized spacial score (nSPS) is 20.7. The van der Waals surface area contributed by atoms with Gasteiger partial charge in [0.15, 0.2) is 8.32 Å². The average molecular weight is 393 g/mol. The van der Waals surface area contributed by atoms with Gasteiger partial charge in [-0.2, -0.15) is 0 Å². The summed E-state index contributed by atoms with van der Waals surface area (Å²) in [7, 11) is -3.48. The van der Waals surface area contributed by atoms with Crippen LogP contribution in [0.4, 0.5) is 0 Å². The molecule has 1 fully saturated rings. The van der Waals surface area contributed by atoms with E-state index in [0.29, 0.717) is 29.8 Å². The first-order chi connectivity index (χ1) is 11.7. The molecule has 1 aliphatic rings. The summed E-state index contributed by atoms with van der Waals surface area (Å²) in [6.07, 6.45) is 0. The van der Waals surface area contributed by atoms with E-state index in [1.165, 1.54) is 0 Å². The van der Waals surface area contributed by atoms with Crippen molar-refractivity contribution >= 4 is 16.4 Å². The molecule has 1 rings (SSSR count). The van der Waals surface area contributed by atoms with E-state index in [1.54, 1.807) is 0 Å². The Morgan fingerprint density at radius 2 is 1.42 bits per heavy atom. The summed E-state index contributed by atoms with van der Waals surface area (Å²) in [5.41, 5.74) is 5.09. The molecule has 0 aliphatic carbocycles. The molecule has 0 N–H and O–H groups in total. The molecular formula is C22H40O2Si2. The lowest BCUT2D eigenvalue weighted by atomic mass is 10.2. The topological polar surface area (TPSA) is 21.8 Å². The van der Waals surface area contributed by atoms with Gasteiger partial charge in [0.25, 0.3) is 0 Å². The van der Waals surface area contributed by atoms with Gasteiger partial charge in [-0.3, -0.25) is 0 Å². The fraction of sp³-hybridized carbons (Fsp3) is 0.818. The summed E-state index contributed by atoms with van der Waals surface area (Å²) in [6.45, 7) is 26.4. The molecule has 0 bridgehead atoms. The van der Waals surface area contributed by atoms with Gasteiger partial charge in [0.2, 0.25) is 5.60 Å². The molecule has 1 heterocycles. The summed E-state index contributed by atoms with van der Waals surface area (Å²) in [5.74, 6) is 9.90. The average Bonchev–Trinajstić information content (AvgIpc) is 3.22. The molecule has 1 unspecified atom stereocenters. The number of hydrogen-bond donors (Lipinski definition) is 0. The highest BCUT2D eigenvalue weighted by atomic mass is 28.4. The van der Waals surface area contributed by atoms with Gasteiger partial charge in [-0.25, -0.2) is 0 Å². The SMILES string of the molecule is CC(C)[Si](C#CC1(C#CCO[Si](C)(C)C(C)(C)C)CO1)(C(C)C)C(C)C. The molecule has 1 aliphatic heterocycles. The lowest BCUT2D eigenvalue weighted by Gasteiger charge is -2.38. The van der Waals surface area contributed by atoms with Gasteiger partial charge in [0, 0.05) is 0 Å². The van der Waals surface area contributed by atoms with Crippen LogP contribution in [0.15, 0.2) is 0 Å². The third kappa shape index (κ3) is 5.26. The van der Waals surface area contributed by atoms with Crippen molar-refractivity contribution in [3.05, 3.63) is 0 Å². The monoisotopic (exact) mass is 392 g/mol. The minimum absolute atomic E-state index is 0.208. The summed E-state index contributed by atoms with van der Waals surface area (Å²) < 4.78 is 11.8. The molecule has 1 atom stereocenters. The van der Waals surface area contributed by atoms with Crippen LogP contribution in [0.2, 0.25) is 34.8 Å². The van der Waals surface area contributed by atoms with Crippen molar-refractivity contribution in [3.8, 4) is 23.3 Å². The highest BCUT2D eigenvalue weighted by Crippen LogP contribution is 2.41. The van der Waals surface area contributed by atoms with Gasteiger partial charge in [0.05, 0.1) is 6.61 Å². The highest BCUT2D eigenvalue weighted by molar-refractivity contribution is 6.90. The van der Waals surface area contributed by atoms with Crippen molar-refractivity contribution < 1.29 is 9.16 Å². The molecule has 0 aromatic rings. The molecule has 1 saturated heterocycles. The van der Waals surface area contributed by atoms with E-state index in [9.17, 15) is 0 Å². The van der Waals surface area contributed by atoms with E-state index in [-0.39, 0.29) is 5.04 Å². The van der Waals surface area contributed by atoms with Crippen molar-refractivity contribution in [2.75, 3.05) is 13.2 Å². The standard InChI is InChI=1S/C22H40O2Si2/c1-18(2)26(19(3)4,20(5)6)16-14-22(17-23-22)13-12-15-24-25(10,11)21(7,8)9/h18-20H,15,17H2,1-11H3. The maximum absolute atomic E-state index is 6.15. The first-order valence-electron chi connectivity index (χ1n) is 10.0. The zero-order valence-corrected chi connectivity index (χ0v) is 21.0. The molecule has 2 nitrogen and oxygen atoms in total. The van der Waals surface area contributed by atoms with Crippen molar-refractivity contribution in [2.24, 2.45) is 0 Å². The lowest BCUT2D eigenvalue weighted by Crippen LogP contribution is -2.43. The zero-order chi connectivity index (χ0) is 20.4. The Balaban J connectivity index is 2.92. The predicted octanol–water partition coefficient (Wildman–Crippen LogP) is 6.00. The fourth-order valence-corrected chi connectivity index (χ4v) is 9.65. The Morgan fingerprint density at radius 1 is 0.962 bits per heavy atom. The first-order valence-corrected chi connectivity index (χ1v) is 15.2. The molecule has 0 aromatic heterocycles. The largest absolute Gasteiger partial charge is 0.406 e. The maximum Gasteiger partial charge on any atom is 0.213 e. The minimum atomic E-state index is -1.75. The number of hydrogen-bond acceptors (Lipinski definition) is 2. The quantitative estimate of drug-likeness (QED) is 0.325. The Kier molecular flexibility index (Phi) is 7.44. The molecule has 0 aromatic carbocycles. The third-order valence-electron chi connectivity index (χ3n) is 6.38. The van der Waals surface area contributed by atoms with Crippen molar-refractivity contribution in [1.29, 1.82) is 0 Å². The van der Waals surface area contributed by atoms with Crippen LogP contribution >= 0.6 is 0 Å². The third-order valence-corrected chi connectivity index (χ3v) is 17.2. The van der Waals surface area contributed by atoms with E-state index in [2.05, 4.69) is 98.7 Å². The summed E-state index contributed by atoms with van der Waals surface area (Å²) in [4.78, 5) is 0. The summed E-state index contributed by atoms with van der Waals surface area (Å²) in [6, 6.07) is 0. The van der Waals surface area contributed by atoms with E-state index < -0.39 is 22.0 Å². The molecular weight excluding hydrogens is 352 g/mol. The second kappa shape index (κ2) is 8.23. The first kappa shape index (κ1) is 23.5. The Bertz CT molecular complexity index is 578. The van der Waals surface area contributed by atoms with Crippen LogP contribution in [-0.2, 0) is 9.16 Å². The molecule has 4 heteroatoms. The molecule has 0 spiro atoms. The molecule has 0 saturated carbocycles. The van der Waals surface area contributed by atoms with E-state index in [4.69, 9.17) is 9.16 Å². The fourth-order valence-electron chi connectivity index (χ4n) is 3.50. The molecule has 0 radical (unpaired) electrons. The van der Waals surface area contributed by atoms with Gasteiger partial charge >= 0.3 is 0 Å². The van der Waals surface area contributed by atoms with Gasteiger partial charge in [-0.05, 0) is 40.7 Å². The van der Waals surface area contributed by atoms with Crippen LogP contribution in [0, 0.1) is 23.3 Å². The summed E-state index contributed by atoms with van der Waals surface area (Å²) >= 11 is 0. The molecule has 148 valence electrons. The summed E-state index contributed by atoms with van der Waals surface area (Å²) in [5, 5.41) is 0.208. The van der Waals surface area contributed by atoms with Crippen LogP contribution in [-0.4, -0.2) is 35.2 Å². The van der Waals surface area contributed by atoms with E-state index in [1.807, 2.05) is 0 Å². The smallest absolute Gasteiger partial charge is 0.213 e. The van der Waals surface area contributed by atoms with Crippen LogP contribution < -0.4 is 0 Å². The van der Waals surface area contributed by atoms with Crippen LogP contribution in [0.25, 0.3) is 0 Å². The molecule has 0 amide bonds. The van der Waals surface area contributed by atoms with Crippen molar-refractivity contribution in [3.63, 3.8) is 0 Å². The predicted molar refractivity (Wildman–Crippen MR) is 118 cm³/mol. The second-order valence-corrected chi connectivity index (χ2v) is 20.5. The van der Waals surface area contributed by atoms with E-state index >= 15 is 0 Å². The minimum Gasteiger partial charge on any atom is -0.406 e. The number of ether oxygens (including phenoxy) is 1. The zero-order valence-electron chi connectivity index (χ0n) is 19.0. The maximum atomic E-state index is 6.15. The second-order valence-electron chi connectivity index (χ2n) is 10.1. The van der Waals surface area contributed by atoms with E-state index in [0.717, 1.165) is 0 Å². The number of rotatable bonds is 5.